The van der Waals surface area contributed by atoms with Crippen LogP contribution >= 0.6 is 125 Å². The van der Waals surface area contributed by atoms with Gasteiger partial charge in [0.2, 0.25) is 0 Å². The van der Waals surface area contributed by atoms with Gasteiger partial charge in [-0.25, -0.2) is 0 Å². The first-order valence-electron chi connectivity index (χ1n) is 35.5. The van der Waals surface area contributed by atoms with Gasteiger partial charge in [0.25, 0.3) is 0 Å². The van der Waals surface area contributed by atoms with Gasteiger partial charge in [-0.3, -0.25) is 24.0 Å². The number of alkyl halides is 5. The number of hydrogen-bond acceptors (Lipinski definition) is 10. The van der Waals surface area contributed by atoms with E-state index in [0.29, 0.717) is 57.0 Å². The zero-order chi connectivity index (χ0) is 79.3. The Morgan fingerprint density at radius 1 is 0.391 bits per heavy atom. The summed E-state index contributed by atoms with van der Waals surface area (Å²) in [5.74, 6) is 6.74. The summed E-state index contributed by atoms with van der Waals surface area (Å²) >= 11 is 21.4. The largest absolute Gasteiger partial charge is 0.426 e. The van der Waals surface area contributed by atoms with Gasteiger partial charge in [-0.15, -0.1) is 0 Å². The zero-order valence-corrected chi connectivity index (χ0v) is 78.7. The number of hydrogen-bond donors (Lipinski definition) is 0. The Labute approximate surface area is 733 Å². The molecule has 576 valence electrons. The molecule has 0 aliphatic carbocycles. The molecule has 2 saturated heterocycles. The molecule has 5 atom stereocenters. The number of carbonyl (C=O) groups is 5. The second kappa shape index (κ2) is 46.0. The minimum absolute atomic E-state index is 0.0138. The predicted octanol–water partition coefficient (Wildman–Crippen LogP) is 23.9. The summed E-state index contributed by atoms with van der Waals surface area (Å²) < 4.78 is 28.1. The topological polar surface area (TPSA) is 132 Å². The van der Waals surface area contributed by atoms with Gasteiger partial charge < -0.3 is 23.7 Å². The Balaban J connectivity index is 0.000000174. The maximum absolute atomic E-state index is 12.2. The number of halogens is 7. The third-order valence-corrected chi connectivity index (χ3v) is 32.2. The minimum Gasteiger partial charge on any atom is -0.426 e. The number of rotatable bonds is 21. The minimum atomic E-state index is -0.647. The van der Waals surface area contributed by atoms with Crippen molar-refractivity contribution in [3.8, 4) is 28.7 Å². The van der Waals surface area contributed by atoms with Crippen LogP contribution in [0.3, 0.4) is 0 Å². The quantitative estimate of drug-likeness (QED) is 0.0225. The zero-order valence-electron chi connectivity index (χ0n) is 62.4. The van der Waals surface area contributed by atoms with Crippen molar-refractivity contribution < 1.29 is 47.7 Å². The van der Waals surface area contributed by atoms with Crippen molar-refractivity contribution >= 4 is 209 Å². The van der Waals surface area contributed by atoms with Crippen molar-refractivity contribution in [2.45, 2.75) is 135 Å². The average molecular weight is 2120 g/mol. The molecule has 10 aromatic rings. The van der Waals surface area contributed by atoms with Crippen molar-refractivity contribution in [3.05, 3.63) is 279 Å². The van der Waals surface area contributed by atoms with Crippen molar-refractivity contribution in [1.29, 1.82) is 0 Å². The molecule has 2 aliphatic heterocycles. The molecule has 0 saturated carbocycles. The maximum atomic E-state index is 12.2. The Morgan fingerprint density at radius 3 is 1.05 bits per heavy atom. The van der Waals surface area contributed by atoms with Crippen LogP contribution in [0.4, 0.5) is 0 Å². The molecule has 0 radical (unpaired) electrons. The van der Waals surface area contributed by atoms with Gasteiger partial charge in [0.1, 0.15) is 93.7 Å². The molecule has 10 nitrogen and oxygen atoms in total. The lowest BCUT2D eigenvalue weighted by atomic mass is 10.1. The molecule has 5 unspecified atom stereocenters. The number of ether oxygens (including phenoxy) is 5. The molecule has 0 N–H and O–H groups in total. The van der Waals surface area contributed by atoms with E-state index in [4.69, 9.17) is 23.7 Å². The fourth-order valence-electron chi connectivity index (χ4n) is 10.4. The average Bonchev–Trinajstić information content (AvgIpc) is 1.19. The van der Waals surface area contributed by atoms with E-state index < -0.39 is 18.3 Å². The highest BCUT2D eigenvalue weighted by molar-refractivity contribution is 14.1. The van der Waals surface area contributed by atoms with Crippen LogP contribution in [-0.2, 0) is 78.4 Å². The monoisotopic (exact) mass is 2110 g/mol. The van der Waals surface area contributed by atoms with E-state index in [2.05, 4.69) is 241 Å². The Bertz CT molecular complexity index is 4440. The van der Waals surface area contributed by atoms with E-state index >= 15 is 0 Å². The molecule has 0 spiro atoms. The molecule has 22 heteroatoms. The molecule has 0 aromatic heterocycles. The van der Waals surface area contributed by atoms with Gasteiger partial charge in [-0.1, -0.05) is 165 Å². The third kappa shape index (κ3) is 29.5. The number of carbonyl (C=O) groups excluding carboxylic acids is 5. The summed E-state index contributed by atoms with van der Waals surface area (Å²) in [6.07, 6.45) is 13.9. The van der Waals surface area contributed by atoms with Gasteiger partial charge in [0, 0.05) is 39.8 Å². The van der Waals surface area contributed by atoms with E-state index in [1.807, 2.05) is 178 Å². The lowest BCUT2D eigenvalue weighted by Crippen LogP contribution is -2.31. The lowest BCUT2D eigenvalue weighted by Gasteiger charge is -2.18. The van der Waals surface area contributed by atoms with Crippen LogP contribution in [0.15, 0.2) is 300 Å². The number of esters is 5. The summed E-state index contributed by atoms with van der Waals surface area (Å²) in [6.45, 7) is 9.05. The Morgan fingerprint density at radius 2 is 0.691 bits per heavy atom. The molecule has 10 aromatic carbocycles. The van der Waals surface area contributed by atoms with E-state index in [9.17, 15) is 24.0 Å². The summed E-state index contributed by atoms with van der Waals surface area (Å²) in [6, 6.07) is 86.1. The first-order valence-corrected chi connectivity index (χ1v) is 50.1. The second-order valence-corrected chi connectivity index (χ2v) is 46.1. The van der Waals surface area contributed by atoms with E-state index in [-0.39, 0.29) is 67.4 Å². The van der Waals surface area contributed by atoms with Gasteiger partial charge >= 0.3 is 29.8 Å². The third-order valence-electron chi connectivity index (χ3n) is 16.9. The molecular weight excluding hydrogens is 2030 g/mol. The van der Waals surface area contributed by atoms with Crippen LogP contribution in [0.5, 0.6) is 28.7 Å². The highest BCUT2D eigenvalue weighted by Gasteiger charge is 2.33. The van der Waals surface area contributed by atoms with Crippen LogP contribution in [0.2, 0.25) is 0 Å². The molecular formula is C88H90Br5I2O10S5+5. The van der Waals surface area contributed by atoms with Crippen LogP contribution in [0, 0.1) is 7.14 Å². The Hall–Kier alpha value is -4.84. The second-order valence-electron chi connectivity index (χ2n) is 26.0. The van der Waals surface area contributed by atoms with Crippen molar-refractivity contribution in [3.63, 3.8) is 0 Å². The standard InChI is InChI=1S/C21H16BrI2O2S.C19H20BrO2S.C18H18BrO2S.C18H20BrO2S.C12H16BrO2S/c1-14(22)21(25)26-17-6-12-20(13-7-17)27(18-8-2-15(23)3-9-18)19-10-4-16(24)5-11-19;20-18(15-7-3-1-4-8-15)19(21)22-16-9-11-17(12-10-16)23-13-5-2-6-14-23;19-17(14-6-2-1-3-7-14)18(20)21-15-8-10-16(11-9-15)22-12-4-5-13-22;1-4-18(2,19)17(20)21-14-10-12-16(13-11-14)22(3)15-8-6-5-7-9-15;1-12(2,13)11(14)15-9-5-7-10(8-6-9)16(3)4/h2-14H,1H3;1,3-4,7-12,18H,2,5-6,13-14H2;1-3,6-11,17H,4-5,12-13H2;5-13H,4H2,1-3H3;5-8H,1-4H3/q5*+1. The molecule has 12 rings (SSSR count). The summed E-state index contributed by atoms with van der Waals surface area (Å²) in [7, 11) is 0.813. The van der Waals surface area contributed by atoms with E-state index in [1.165, 1.54) is 101 Å². The smallest absolute Gasteiger partial charge is 0.329 e. The fourth-order valence-corrected chi connectivity index (χ4v) is 20.9. The summed E-state index contributed by atoms with van der Waals surface area (Å²) in [5.41, 5.74) is 1.80. The van der Waals surface area contributed by atoms with Crippen LogP contribution < -0.4 is 23.7 Å². The SMILES string of the molecule is CC(Br)C(=O)Oc1ccc([S+](c2ccc(I)cc2)c2ccc(I)cc2)cc1.CCC(C)(Br)C(=O)Oc1ccc([S+](C)c2ccccc2)cc1.C[S+](C)c1ccc(OC(=O)C(C)(C)Br)cc1.O=C(Oc1ccc([S+]2CCCC2)cc1)C(Br)c1ccccc1.O=C(Oc1ccc([S+]2CCCCC2)cc1)C(Br)c1ccccc1. The van der Waals surface area contributed by atoms with Crippen molar-refractivity contribution in [2.24, 2.45) is 0 Å². The molecule has 0 amide bonds. The maximum Gasteiger partial charge on any atom is 0.329 e. The van der Waals surface area contributed by atoms with Gasteiger partial charge in [0.05, 0.1) is 21.8 Å². The molecule has 2 aliphatic rings. The van der Waals surface area contributed by atoms with Gasteiger partial charge in [-0.05, 0) is 305 Å². The van der Waals surface area contributed by atoms with E-state index in [0.717, 1.165) is 11.1 Å². The molecule has 0 bridgehead atoms. The molecule has 2 fully saturated rings. The van der Waals surface area contributed by atoms with Gasteiger partial charge in [0.15, 0.2) is 39.2 Å². The van der Waals surface area contributed by atoms with Crippen LogP contribution in [0.1, 0.15) is 93.9 Å². The normalized spacial score (nSPS) is 14.4. The van der Waals surface area contributed by atoms with Crippen molar-refractivity contribution in [1.82, 2.24) is 0 Å². The van der Waals surface area contributed by atoms with Crippen LogP contribution in [0.25, 0.3) is 0 Å². The predicted molar refractivity (Wildman–Crippen MR) is 494 cm³/mol. The molecule has 110 heavy (non-hydrogen) atoms. The highest BCUT2D eigenvalue weighted by Crippen LogP contribution is 2.36. The van der Waals surface area contributed by atoms with Crippen molar-refractivity contribution in [2.75, 3.05) is 41.8 Å². The van der Waals surface area contributed by atoms with Gasteiger partial charge in [-0.2, -0.15) is 0 Å². The van der Waals surface area contributed by atoms with E-state index in [1.54, 1.807) is 20.8 Å². The summed E-state index contributed by atoms with van der Waals surface area (Å²) in [4.78, 5) is 68.9. The highest BCUT2D eigenvalue weighted by atomic mass is 127. The Kier molecular flexibility index (Phi) is 38.0. The first-order chi connectivity index (χ1) is 52.7. The summed E-state index contributed by atoms with van der Waals surface area (Å²) in [5, 5.41) is 0. The number of benzene rings is 10. The van der Waals surface area contributed by atoms with Crippen LogP contribution in [-0.4, -0.2) is 85.1 Å². The first kappa shape index (κ1) is 90.7. The molecule has 2 heterocycles. The lowest BCUT2D eigenvalue weighted by molar-refractivity contribution is -0.137. The fraction of sp³-hybridized carbons (Fsp3) is 0.261.